The highest BCUT2D eigenvalue weighted by molar-refractivity contribution is 5.63. The molecular formula is C21H25NO4. The van der Waals surface area contributed by atoms with Gasteiger partial charge in [-0.1, -0.05) is 24.6 Å². The van der Waals surface area contributed by atoms with E-state index in [0.717, 1.165) is 43.0 Å². The van der Waals surface area contributed by atoms with Gasteiger partial charge >= 0.3 is 0 Å². The number of aliphatic hydroxyl groups is 2. The van der Waals surface area contributed by atoms with Gasteiger partial charge in [0.05, 0.1) is 5.41 Å². The number of phenols is 1. The molecule has 138 valence electrons. The lowest BCUT2D eigenvalue weighted by Crippen LogP contribution is -2.75. The molecule has 5 heteroatoms. The van der Waals surface area contributed by atoms with Crippen LogP contribution in [0.2, 0.25) is 0 Å². The van der Waals surface area contributed by atoms with Crippen LogP contribution in [0.4, 0.5) is 0 Å². The van der Waals surface area contributed by atoms with Crippen LogP contribution >= 0.6 is 0 Å². The first-order chi connectivity index (χ1) is 12.5. The van der Waals surface area contributed by atoms with Crippen molar-refractivity contribution in [2.45, 2.75) is 61.4 Å². The lowest BCUT2D eigenvalue weighted by atomic mass is 9.50. The zero-order valence-electron chi connectivity index (χ0n) is 14.8. The van der Waals surface area contributed by atoms with Crippen molar-refractivity contribution in [2.24, 2.45) is 5.92 Å². The number of hydrogen-bond acceptors (Lipinski definition) is 5. The second-order valence-electron chi connectivity index (χ2n) is 8.89. The minimum absolute atomic E-state index is 0.00491. The first-order valence-corrected chi connectivity index (χ1v) is 9.90. The largest absolute Gasteiger partial charge is 0.504 e. The quantitative estimate of drug-likeness (QED) is 0.701. The number of rotatable bonds is 2. The summed E-state index contributed by atoms with van der Waals surface area (Å²) in [6, 6.07) is 3.67. The van der Waals surface area contributed by atoms with Gasteiger partial charge in [0, 0.05) is 18.2 Å². The van der Waals surface area contributed by atoms with E-state index in [0.29, 0.717) is 5.75 Å². The summed E-state index contributed by atoms with van der Waals surface area (Å²) in [4.78, 5) is 2.47. The van der Waals surface area contributed by atoms with E-state index in [9.17, 15) is 15.3 Å². The monoisotopic (exact) mass is 355 g/mol. The van der Waals surface area contributed by atoms with Crippen LogP contribution in [0.5, 0.6) is 11.5 Å². The average molecular weight is 355 g/mol. The van der Waals surface area contributed by atoms with Crippen molar-refractivity contribution in [1.82, 2.24) is 4.90 Å². The number of hydrogen-bond donors (Lipinski definition) is 3. The van der Waals surface area contributed by atoms with Crippen molar-refractivity contribution < 1.29 is 20.1 Å². The summed E-state index contributed by atoms with van der Waals surface area (Å²) in [7, 11) is 0. The highest BCUT2D eigenvalue weighted by Crippen LogP contribution is 2.64. The predicted molar refractivity (Wildman–Crippen MR) is 95.3 cm³/mol. The summed E-state index contributed by atoms with van der Waals surface area (Å²) in [5, 5.41) is 33.0. The summed E-state index contributed by atoms with van der Waals surface area (Å²) < 4.78 is 6.11. The molecule has 5 aliphatic rings. The molecule has 1 spiro atoms. The summed E-state index contributed by atoms with van der Waals surface area (Å²) in [6.45, 7) is 1.95. The fourth-order valence-corrected chi connectivity index (χ4v) is 6.39. The molecule has 2 bridgehead atoms. The number of likely N-dealkylation sites (tertiary alicyclic amines) is 1. The summed E-state index contributed by atoms with van der Waals surface area (Å²) in [5.41, 5.74) is 0.359. The van der Waals surface area contributed by atoms with Crippen molar-refractivity contribution >= 4 is 0 Å². The van der Waals surface area contributed by atoms with Crippen molar-refractivity contribution in [3.8, 4) is 11.5 Å². The Labute approximate surface area is 152 Å². The molecule has 5 nitrogen and oxygen atoms in total. The van der Waals surface area contributed by atoms with Gasteiger partial charge in [0.25, 0.3) is 0 Å². The SMILES string of the molecule is Oc1ccc2c3c1OC1C(O)C=CC4(O)C(C2)N(CC2CCC2)CCC314. The maximum Gasteiger partial charge on any atom is 0.165 e. The predicted octanol–water partition coefficient (Wildman–Crippen LogP) is 1.48. The van der Waals surface area contributed by atoms with Crippen LogP contribution in [0.1, 0.15) is 36.8 Å². The van der Waals surface area contributed by atoms with Crippen molar-refractivity contribution in [1.29, 1.82) is 0 Å². The van der Waals surface area contributed by atoms with E-state index in [2.05, 4.69) is 4.90 Å². The van der Waals surface area contributed by atoms with Gasteiger partial charge < -0.3 is 20.1 Å². The first kappa shape index (κ1) is 15.5. The summed E-state index contributed by atoms with van der Waals surface area (Å²) in [6.07, 6.45) is 7.62. The summed E-state index contributed by atoms with van der Waals surface area (Å²) >= 11 is 0. The maximum absolute atomic E-state index is 12.0. The Morgan fingerprint density at radius 2 is 2.12 bits per heavy atom. The van der Waals surface area contributed by atoms with Crippen LogP contribution in [0.3, 0.4) is 0 Å². The molecule has 1 saturated carbocycles. The Balaban J connectivity index is 1.54. The average Bonchev–Trinajstić information content (AvgIpc) is 2.93. The van der Waals surface area contributed by atoms with E-state index in [-0.39, 0.29) is 11.8 Å². The Kier molecular flexibility index (Phi) is 2.88. The number of ether oxygens (including phenoxy) is 1. The van der Waals surface area contributed by atoms with Crippen LogP contribution in [-0.2, 0) is 11.8 Å². The van der Waals surface area contributed by atoms with Gasteiger partial charge in [0.2, 0.25) is 0 Å². The second kappa shape index (κ2) is 4.83. The van der Waals surface area contributed by atoms with Crippen LogP contribution < -0.4 is 4.74 Å². The topological polar surface area (TPSA) is 73.2 Å². The molecule has 0 radical (unpaired) electrons. The molecule has 2 fully saturated rings. The zero-order chi connectivity index (χ0) is 17.7. The van der Waals surface area contributed by atoms with Crippen LogP contribution in [0.15, 0.2) is 24.3 Å². The molecule has 0 amide bonds. The number of benzene rings is 1. The lowest BCUT2D eigenvalue weighted by molar-refractivity contribution is -0.159. The van der Waals surface area contributed by atoms with Gasteiger partial charge in [-0.15, -0.1) is 0 Å². The van der Waals surface area contributed by atoms with Crippen LogP contribution in [-0.4, -0.2) is 57.2 Å². The smallest absolute Gasteiger partial charge is 0.165 e. The van der Waals surface area contributed by atoms with Gasteiger partial charge in [-0.05, 0) is 49.8 Å². The first-order valence-electron chi connectivity index (χ1n) is 9.90. The van der Waals surface area contributed by atoms with E-state index in [1.54, 1.807) is 12.1 Å². The fraction of sp³-hybridized carbons (Fsp3) is 0.619. The normalized spacial score (nSPS) is 42.9. The van der Waals surface area contributed by atoms with E-state index in [4.69, 9.17) is 4.74 Å². The van der Waals surface area contributed by atoms with Crippen molar-refractivity contribution in [3.63, 3.8) is 0 Å². The molecule has 5 unspecified atom stereocenters. The molecular weight excluding hydrogens is 330 g/mol. The van der Waals surface area contributed by atoms with Gasteiger partial charge in [-0.25, -0.2) is 0 Å². The van der Waals surface area contributed by atoms with Crippen molar-refractivity contribution in [3.05, 3.63) is 35.4 Å². The Hall–Kier alpha value is -1.56. The minimum Gasteiger partial charge on any atom is -0.504 e. The molecule has 2 heterocycles. The molecule has 6 rings (SSSR count). The third kappa shape index (κ3) is 1.59. The molecule has 1 saturated heterocycles. The Bertz CT molecular complexity index is 818. The van der Waals surface area contributed by atoms with E-state index in [1.165, 1.54) is 19.3 Å². The number of piperidine rings is 1. The van der Waals surface area contributed by atoms with Gasteiger partial charge in [-0.3, -0.25) is 4.90 Å². The standard InChI is InChI=1S/C21H25NO4/c23-14-5-4-13-10-16-21(25)7-6-15(24)19-20(21,17(13)18(14)26-19)8-9-22(16)11-12-2-1-3-12/h4-7,12,15-16,19,23-25H,1-3,8-11H2. The Morgan fingerprint density at radius 3 is 2.88 bits per heavy atom. The molecule has 2 aliphatic heterocycles. The zero-order valence-corrected chi connectivity index (χ0v) is 14.8. The number of aliphatic hydroxyl groups excluding tert-OH is 1. The van der Waals surface area contributed by atoms with Crippen molar-refractivity contribution in [2.75, 3.05) is 13.1 Å². The van der Waals surface area contributed by atoms with Crippen LogP contribution in [0, 0.1) is 5.92 Å². The molecule has 26 heavy (non-hydrogen) atoms. The molecule has 0 aromatic heterocycles. The van der Waals surface area contributed by atoms with Gasteiger partial charge in [0.15, 0.2) is 11.5 Å². The summed E-state index contributed by atoms with van der Waals surface area (Å²) in [5.74, 6) is 1.33. The van der Waals surface area contributed by atoms with E-state index < -0.39 is 23.2 Å². The molecule has 5 atom stereocenters. The maximum atomic E-state index is 12.0. The number of nitrogens with zero attached hydrogens (tertiary/aromatic N) is 1. The minimum atomic E-state index is -1.06. The molecule has 1 aromatic carbocycles. The number of phenolic OH excluding ortho intramolecular Hbond substituents is 1. The number of aromatic hydroxyl groups is 1. The van der Waals surface area contributed by atoms with E-state index >= 15 is 0 Å². The second-order valence-corrected chi connectivity index (χ2v) is 8.89. The van der Waals surface area contributed by atoms with E-state index in [1.807, 2.05) is 12.1 Å². The molecule has 3 N–H and O–H groups in total. The highest BCUT2D eigenvalue weighted by Gasteiger charge is 2.71. The van der Waals surface area contributed by atoms with Crippen LogP contribution in [0.25, 0.3) is 0 Å². The Morgan fingerprint density at radius 1 is 1.27 bits per heavy atom. The lowest BCUT2D eigenvalue weighted by Gasteiger charge is -2.62. The third-order valence-electron chi connectivity index (χ3n) is 7.85. The fourth-order valence-electron chi connectivity index (χ4n) is 6.39. The molecule has 1 aromatic rings. The van der Waals surface area contributed by atoms with Gasteiger partial charge in [0.1, 0.15) is 17.8 Å². The molecule has 3 aliphatic carbocycles. The highest BCUT2D eigenvalue weighted by atomic mass is 16.5. The van der Waals surface area contributed by atoms with Gasteiger partial charge in [-0.2, -0.15) is 0 Å². The third-order valence-corrected chi connectivity index (χ3v) is 7.85.